The normalized spacial score (nSPS) is 23.4. The summed E-state index contributed by atoms with van der Waals surface area (Å²) >= 11 is 0. The second-order valence-electron chi connectivity index (χ2n) is 10.9. The van der Waals surface area contributed by atoms with Crippen molar-refractivity contribution in [3.05, 3.63) is 89.5 Å². The van der Waals surface area contributed by atoms with Gasteiger partial charge in [-0.1, -0.05) is 36.4 Å². The Bertz CT molecular complexity index is 1550. The van der Waals surface area contributed by atoms with Gasteiger partial charge < -0.3 is 9.64 Å². The Morgan fingerprint density at radius 2 is 1.77 bits per heavy atom. The van der Waals surface area contributed by atoms with E-state index in [0.29, 0.717) is 43.1 Å². The van der Waals surface area contributed by atoms with E-state index in [1.165, 1.54) is 4.90 Å². The molecule has 202 valence electrons. The molecule has 0 aliphatic carbocycles. The molecular formula is C31H28N4O5. The standard InChI is InChI=1S/C31H28N4O5/c36-27-13-12-26(28(37)32-27)33-17-20-16-22(10-11-23(20)29(33)38)35(21-6-2-1-3-7-21)30(39)34-18-31(14-15-40-19-31)24-8-4-5-9-25(24)34/h1-11,16,26H,12-15,17-19H2,(H,32,36,37). The van der Waals surface area contributed by atoms with Crippen LogP contribution in [0.25, 0.3) is 0 Å². The predicted molar refractivity (Wildman–Crippen MR) is 147 cm³/mol. The van der Waals surface area contributed by atoms with Crippen molar-refractivity contribution in [3.63, 3.8) is 0 Å². The van der Waals surface area contributed by atoms with E-state index < -0.39 is 11.9 Å². The Morgan fingerprint density at radius 1 is 0.975 bits per heavy atom. The number of carbonyl (C=O) groups excluding carboxylic acids is 4. The summed E-state index contributed by atoms with van der Waals surface area (Å²) < 4.78 is 5.80. The first-order chi connectivity index (χ1) is 19.4. The molecule has 40 heavy (non-hydrogen) atoms. The number of nitrogens with zero attached hydrogens (tertiary/aromatic N) is 3. The van der Waals surface area contributed by atoms with Crippen LogP contribution in [0.15, 0.2) is 72.8 Å². The van der Waals surface area contributed by atoms with Crippen LogP contribution in [0.3, 0.4) is 0 Å². The molecule has 3 aromatic carbocycles. The van der Waals surface area contributed by atoms with Gasteiger partial charge >= 0.3 is 6.03 Å². The number of urea groups is 1. The van der Waals surface area contributed by atoms with Gasteiger partial charge in [0, 0.05) is 42.8 Å². The van der Waals surface area contributed by atoms with Crippen molar-refractivity contribution < 1.29 is 23.9 Å². The lowest BCUT2D eigenvalue weighted by molar-refractivity contribution is -0.136. The molecule has 9 nitrogen and oxygen atoms in total. The van der Waals surface area contributed by atoms with Gasteiger partial charge in [-0.15, -0.1) is 0 Å². The summed E-state index contributed by atoms with van der Waals surface area (Å²) in [6.45, 7) is 2.01. The molecule has 2 unspecified atom stereocenters. The van der Waals surface area contributed by atoms with Crippen molar-refractivity contribution in [1.82, 2.24) is 10.2 Å². The van der Waals surface area contributed by atoms with Gasteiger partial charge in [-0.3, -0.25) is 29.5 Å². The summed E-state index contributed by atoms with van der Waals surface area (Å²) in [4.78, 5) is 56.9. The van der Waals surface area contributed by atoms with Crippen LogP contribution < -0.4 is 15.1 Å². The maximum atomic E-state index is 14.4. The molecular weight excluding hydrogens is 508 g/mol. The maximum absolute atomic E-state index is 14.4. The van der Waals surface area contributed by atoms with Crippen molar-refractivity contribution in [2.24, 2.45) is 0 Å². The number of benzene rings is 3. The highest BCUT2D eigenvalue weighted by molar-refractivity contribution is 6.11. The summed E-state index contributed by atoms with van der Waals surface area (Å²) in [6.07, 6.45) is 1.35. The summed E-state index contributed by atoms with van der Waals surface area (Å²) in [5.41, 5.74) is 4.38. The van der Waals surface area contributed by atoms with Crippen LogP contribution >= 0.6 is 0 Å². The fraction of sp³-hybridized carbons (Fsp3) is 0.290. The molecule has 1 spiro atoms. The number of fused-ring (bicyclic) bond motifs is 3. The number of nitrogens with one attached hydrogen (secondary N) is 1. The first kappa shape index (κ1) is 24.5. The van der Waals surface area contributed by atoms with Crippen molar-refractivity contribution in [1.29, 1.82) is 0 Å². The molecule has 2 atom stereocenters. The van der Waals surface area contributed by atoms with Crippen molar-refractivity contribution in [2.45, 2.75) is 37.3 Å². The second-order valence-corrected chi connectivity index (χ2v) is 10.9. The number of anilines is 3. The van der Waals surface area contributed by atoms with Gasteiger partial charge in [0.25, 0.3) is 5.91 Å². The molecule has 4 aliphatic heterocycles. The predicted octanol–water partition coefficient (Wildman–Crippen LogP) is 3.88. The molecule has 0 radical (unpaired) electrons. The Labute approximate surface area is 231 Å². The van der Waals surface area contributed by atoms with E-state index in [1.807, 2.05) is 59.5 Å². The third-order valence-corrected chi connectivity index (χ3v) is 8.53. The zero-order chi connectivity index (χ0) is 27.4. The summed E-state index contributed by atoms with van der Waals surface area (Å²) in [5.74, 6) is -1.01. The highest BCUT2D eigenvalue weighted by Crippen LogP contribution is 2.46. The molecule has 3 aromatic rings. The number of ether oxygens (including phenoxy) is 1. The number of amides is 5. The van der Waals surface area contributed by atoms with E-state index >= 15 is 0 Å². The fourth-order valence-electron chi connectivity index (χ4n) is 6.51. The van der Waals surface area contributed by atoms with Crippen LogP contribution in [-0.2, 0) is 26.3 Å². The third kappa shape index (κ3) is 3.80. The molecule has 0 bridgehead atoms. The van der Waals surface area contributed by atoms with Crippen LogP contribution in [0.1, 0.15) is 40.7 Å². The zero-order valence-corrected chi connectivity index (χ0v) is 21.8. The Kier molecular flexibility index (Phi) is 5.71. The average molecular weight is 537 g/mol. The summed E-state index contributed by atoms with van der Waals surface area (Å²) in [7, 11) is 0. The van der Waals surface area contributed by atoms with Gasteiger partial charge in [-0.25, -0.2) is 4.79 Å². The number of rotatable bonds is 3. The second kappa shape index (κ2) is 9.31. The summed E-state index contributed by atoms with van der Waals surface area (Å²) in [6, 6.07) is 22.0. The quantitative estimate of drug-likeness (QED) is 0.513. The van der Waals surface area contributed by atoms with E-state index in [2.05, 4.69) is 11.4 Å². The SMILES string of the molecule is O=C1CCC(N2Cc3cc(N(C(=O)N4CC5(CCOC5)c5ccccc54)c4ccccc4)ccc3C2=O)C(=O)N1. The topological polar surface area (TPSA) is 99.3 Å². The summed E-state index contributed by atoms with van der Waals surface area (Å²) in [5, 5.41) is 2.34. The van der Waals surface area contributed by atoms with E-state index in [9.17, 15) is 19.2 Å². The molecule has 4 aliphatic rings. The Balaban J connectivity index is 1.25. The molecule has 4 heterocycles. The molecule has 2 fully saturated rings. The van der Waals surface area contributed by atoms with Gasteiger partial charge in [0.2, 0.25) is 11.8 Å². The highest BCUT2D eigenvalue weighted by Gasteiger charge is 2.48. The van der Waals surface area contributed by atoms with Crippen LogP contribution in [0.5, 0.6) is 0 Å². The first-order valence-electron chi connectivity index (χ1n) is 13.6. The van der Waals surface area contributed by atoms with E-state index in [-0.39, 0.29) is 36.2 Å². The highest BCUT2D eigenvalue weighted by atomic mass is 16.5. The lowest BCUT2D eigenvalue weighted by Crippen LogP contribution is -2.52. The lowest BCUT2D eigenvalue weighted by Gasteiger charge is -2.30. The Morgan fingerprint density at radius 3 is 2.55 bits per heavy atom. The number of carbonyl (C=O) groups is 4. The van der Waals surface area contributed by atoms with Crippen molar-refractivity contribution in [3.8, 4) is 0 Å². The molecule has 7 rings (SSSR count). The third-order valence-electron chi connectivity index (χ3n) is 8.53. The number of para-hydroxylation sites is 2. The smallest absolute Gasteiger partial charge is 0.333 e. The van der Waals surface area contributed by atoms with Crippen LogP contribution in [0.2, 0.25) is 0 Å². The van der Waals surface area contributed by atoms with Crippen molar-refractivity contribution >= 4 is 40.8 Å². The minimum Gasteiger partial charge on any atom is -0.380 e. The number of hydrogen-bond donors (Lipinski definition) is 1. The Hall–Kier alpha value is -4.50. The van der Waals surface area contributed by atoms with Crippen LogP contribution in [-0.4, -0.2) is 54.5 Å². The number of piperidine rings is 1. The monoisotopic (exact) mass is 536 g/mol. The minimum absolute atomic E-state index is 0.186. The van der Waals surface area contributed by atoms with Gasteiger partial charge in [0.15, 0.2) is 0 Å². The zero-order valence-electron chi connectivity index (χ0n) is 21.8. The molecule has 9 heteroatoms. The first-order valence-corrected chi connectivity index (χ1v) is 13.6. The van der Waals surface area contributed by atoms with E-state index in [1.54, 1.807) is 17.0 Å². The number of imide groups is 1. The lowest BCUT2D eigenvalue weighted by atomic mass is 9.82. The molecule has 0 aromatic heterocycles. The maximum Gasteiger partial charge on any atom is 0.333 e. The molecule has 5 amide bonds. The van der Waals surface area contributed by atoms with Crippen LogP contribution in [0, 0.1) is 0 Å². The van der Waals surface area contributed by atoms with E-state index in [0.717, 1.165) is 23.2 Å². The molecule has 1 N–H and O–H groups in total. The van der Waals surface area contributed by atoms with Crippen LogP contribution in [0.4, 0.5) is 21.9 Å². The number of hydrogen-bond acceptors (Lipinski definition) is 5. The minimum atomic E-state index is -0.696. The van der Waals surface area contributed by atoms with Gasteiger partial charge in [-0.05, 0) is 60.4 Å². The molecule has 0 saturated carbocycles. The van der Waals surface area contributed by atoms with E-state index in [4.69, 9.17) is 4.74 Å². The molecule has 2 saturated heterocycles. The largest absolute Gasteiger partial charge is 0.380 e. The fourth-order valence-corrected chi connectivity index (χ4v) is 6.51. The average Bonchev–Trinajstić information content (AvgIpc) is 3.66. The van der Waals surface area contributed by atoms with Gasteiger partial charge in [-0.2, -0.15) is 0 Å². The van der Waals surface area contributed by atoms with Crippen molar-refractivity contribution in [2.75, 3.05) is 29.6 Å². The van der Waals surface area contributed by atoms with Gasteiger partial charge in [0.05, 0.1) is 18.0 Å². The van der Waals surface area contributed by atoms with Gasteiger partial charge in [0.1, 0.15) is 6.04 Å².